The SMILES string of the molecule is CC(=O)c1cccc(Cl)c1-c1ccccc1C(F)(F)F. The van der Waals surface area contributed by atoms with Crippen LogP contribution < -0.4 is 0 Å². The maximum Gasteiger partial charge on any atom is 0.417 e. The van der Waals surface area contributed by atoms with Crippen molar-refractivity contribution in [1.29, 1.82) is 0 Å². The quantitative estimate of drug-likeness (QED) is 0.694. The van der Waals surface area contributed by atoms with Gasteiger partial charge in [0.2, 0.25) is 0 Å². The molecule has 0 aliphatic carbocycles. The first kappa shape index (κ1) is 14.6. The molecule has 2 rings (SSSR count). The van der Waals surface area contributed by atoms with Crippen molar-refractivity contribution in [3.63, 3.8) is 0 Å². The van der Waals surface area contributed by atoms with Crippen molar-refractivity contribution in [1.82, 2.24) is 0 Å². The Morgan fingerprint density at radius 1 is 1.05 bits per heavy atom. The maximum absolute atomic E-state index is 13.1. The number of ketones is 1. The third-order valence-electron chi connectivity index (χ3n) is 2.89. The minimum Gasteiger partial charge on any atom is -0.294 e. The number of halogens is 4. The summed E-state index contributed by atoms with van der Waals surface area (Å²) in [7, 11) is 0. The smallest absolute Gasteiger partial charge is 0.294 e. The monoisotopic (exact) mass is 298 g/mol. The van der Waals surface area contributed by atoms with Crippen molar-refractivity contribution >= 4 is 17.4 Å². The minimum absolute atomic E-state index is 0.0872. The summed E-state index contributed by atoms with van der Waals surface area (Å²) in [6.45, 7) is 1.30. The van der Waals surface area contributed by atoms with Gasteiger partial charge in [0.25, 0.3) is 0 Å². The Kier molecular flexibility index (Phi) is 3.86. The molecule has 0 bridgehead atoms. The maximum atomic E-state index is 13.1. The van der Waals surface area contributed by atoms with Crippen molar-refractivity contribution in [3.05, 3.63) is 58.6 Å². The molecule has 0 atom stereocenters. The van der Waals surface area contributed by atoms with Crippen LogP contribution in [0, 0.1) is 0 Å². The van der Waals surface area contributed by atoms with Gasteiger partial charge in [-0.05, 0) is 24.6 Å². The summed E-state index contributed by atoms with van der Waals surface area (Å²) in [5.41, 5.74) is -0.602. The van der Waals surface area contributed by atoms with Crippen LogP contribution in [0.25, 0.3) is 11.1 Å². The lowest BCUT2D eigenvalue weighted by Crippen LogP contribution is -2.08. The molecule has 0 aromatic heterocycles. The molecular weight excluding hydrogens is 289 g/mol. The number of alkyl halides is 3. The third kappa shape index (κ3) is 2.70. The molecule has 0 radical (unpaired) electrons. The molecule has 0 heterocycles. The topological polar surface area (TPSA) is 17.1 Å². The van der Waals surface area contributed by atoms with Crippen LogP contribution in [0.15, 0.2) is 42.5 Å². The van der Waals surface area contributed by atoms with Crippen LogP contribution in [-0.4, -0.2) is 5.78 Å². The van der Waals surface area contributed by atoms with E-state index in [1.807, 2.05) is 0 Å². The third-order valence-corrected chi connectivity index (χ3v) is 3.21. The van der Waals surface area contributed by atoms with Gasteiger partial charge in [-0.2, -0.15) is 13.2 Å². The van der Waals surface area contributed by atoms with Gasteiger partial charge in [0, 0.05) is 16.1 Å². The summed E-state index contributed by atoms with van der Waals surface area (Å²) in [5, 5.41) is 0.120. The van der Waals surface area contributed by atoms with E-state index in [1.165, 1.54) is 37.3 Å². The molecular formula is C15H10ClF3O. The number of carbonyl (C=O) groups excluding carboxylic acids is 1. The fourth-order valence-corrected chi connectivity index (χ4v) is 2.32. The average molecular weight is 299 g/mol. The van der Waals surface area contributed by atoms with Crippen molar-refractivity contribution in [2.24, 2.45) is 0 Å². The van der Waals surface area contributed by atoms with Gasteiger partial charge in [0.05, 0.1) is 5.56 Å². The molecule has 0 saturated carbocycles. The number of rotatable bonds is 2. The van der Waals surface area contributed by atoms with Gasteiger partial charge in [0.15, 0.2) is 5.78 Å². The summed E-state index contributed by atoms with van der Waals surface area (Å²) in [6.07, 6.45) is -4.51. The molecule has 2 aromatic carbocycles. The lowest BCUT2D eigenvalue weighted by atomic mass is 9.93. The summed E-state index contributed by atoms with van der Waals surface area (Å²) in [6, 6.07) is 9.55. The van der Waals surface area contributed by atoms with Crippen LogP contribution in [0.1, 0.15) is 22.8 Å². The Hall–Kier alpha value is -1.81. The normalized spacial score (nSPS) is 11.4. The number of hydrogen-bond donors (Lipinski definition) is 0. The van der Waals surface area contributed by atoms with Gasteiger partial charge in [-0.15, -0.1) is 0 Å². The van der Waals surface area contributed by atoms with Crippen LogP contribution in [0.3, 0.4) is 0 Å². The Balaban J connectivity index is 2.79. The zero-order valence-corrected chi connectivity index (χ0v) is 11.2. The lowest BCUT2D eigenvalue weighted by molar-refractivity contribution is -0.137. The Bertz CT molecular complexity index is 662. The number of carbonyl (C=O) groups is 1. The van der Waals surface area contributed by atoms with E-state index in [9.17, 15) is 18.0 Å². The van der Waals surface area contributed by atoms with Crippen LogP contribution in [0.2, 0.25) is 5.02 Å². The van der Waals surface area contributed by atoms with Gasteiger partial charge >= 0.3 is 6.18 Å². The molecule has 20 heavy (non-hydrogen) atoms. The standard InChI is InChI=1S/C15H10ClF3O/c1-9(20)10-6-4-8-13(16)14(10)11-5-2-3-7-12(11)15(17,18)19/h2-8H,1H3. The Labute approximate surface area is 119 Å². The predicted octanol–water partition coefficient (Wildman–Crippen LogP) is 5.23. The van der Waals surface area contributed by atoms with Crippen LogP contribution >= 0.6 is 11.6 Å². The van der Waals surface area contributed by atoms with Crippen molar-refractivity contribution in [3.8, 4) is 11.1 Å². The highest BCUT2D eigenvalue weighted by molar-refractivity contribution is 6.34. The van der Waals surface area contributed by atoms with Gasteiger partial charge < -0.3 is 0 Å². The van der Waals surface area contributed by atoms with E-state index in [0.29, 0.717) is 0 Å². The van der Waals surface area contributed by atoms with Gasteiger partial charge in [-0.3, -0.25) is 4.79 Å². The van der Waals surface area contributed by atoms with Gasteiger partial charge in [-0.25, -0.2) is 0 Å². The van der Waals surface area contributed by atoms with Gasteiger partial charge in [0.1, 0.15) is 0 Å². The van der Waals surface area contributed by atoms with E-state index in [4.69, 9.17) is 11.6 Å². The molecule has 0 unspecified atom stereocenters. The fraction of sp³-hybridized carbons (Fsp3) is 0.133. The van der Waals surface area contributed by atoms with Gasteiger partial charge in [-0.1, -0.05) is 41.9 Å². The van der Waals surface area contributed by atoms with E-state index < -0.39 is 11.7 Å². The minimum atomic E-state index is -4.51. The molecule has 0 saturated heterocycles. The second-order valence-corrected chi connectivity index (χ2v) is 4.67. The molecule has 0 fully saturated rings. The first-order valence-electron chi connectivity index (χ1n) is 5.78. The van der Waals surface area contributed by atoms with Crippen molar-refractivity contribution in [2.45, 2.75) is 13.1 Å². The van der Waals surface area contributed by atoms with E-state index in [0.717, 1.165) is 6.07 Å². The number of benzene rings is 2. The average Bonchev–Trinajstić information content (AvgIpc) is 2.37. The number of hydrogen-bond acceptors (Lipinski definition) is 1. The van der Waals surface area contributed by atoms with E-state index >= 15 is 0 Å². The lowest BCUT2D eigenvalue weighted by Gasteiger charge is -2.16. The van der Waals surface area contributed by atoms with Crippen LogP contribution in [0.5, 0.6) is 0 Å². The summed E-state index contributed by atoms with van der Waals surface area (Å²) < 4.78 is 39.2. The van der Waals surface area contributed by atoms with Crippen molar-refractivity contribution < 1.29 is 18.0 Å². The number of Topliss-reactive ketones (excluding diaryl/α,β-unsaturated/α-hetero) is 1. The molecule has 0 spiro atoms. The summed E-state index contributed by atoms with van der Waals surface area (Å²) in [5.74, 6) is -0.334. The molecule has 2 aromatic rings. The Morgan fingerprint density at radius 3 is 2.30 bits per heavy atom. The molecule has 1 nitrogen and oxygen atoms in total. The van der Waals surface area contributed by atoms with Crippen LogP contribution in [0.4, 0.5) is 13.2 Å². The second-order valence-electron chi connectivity index (χ2n) is 4.26. The highest BCUT2D eigenvalue weighted by atomic mass is 35.5. The van der Waals surface area contributed by atoms with Crippen LogP contribution in [-0.2, 0) is 6.18 Å². The molecule has 104 valence electrons. The first-order chi connectivity index (χ1) is 9.32. The van der Waals surface area contributed by atoms with E-state index in [-0.39, 0.29) is 27.5 Å². The highest BCUT2D eigenvalue weighted by Crippen LogP contribution is 2.40. The largest absolute Gasteiger partial charge is 0.417 e. The molecule has 0 amide bonds. The zero-order valence-electron chi connectivity index (χ0n) is 10.5. The predicted molar refractivity (Wildman–Crippen MR) is 71.9 cm³/mol. The first-order valence-corrected chi connectivity index (χ1v) is 6.16. The molecule has 0 aliphatic heterocycles. The van der Waals surface area contributed by atoms with E-state index in [2.05, 4.69) is 0 Å². The highest BCUT2D eigenvalue weighted by Gasteiger charge is 2.34. The Morgan fingerprint density at radius 2 is 1.70 bits per heavy atom. The zero-order chi connectivity index (χ0) is 14.9. The van der Waals surface area contributed by atoms with E-state index in [1.54, 1.807) is 6.07 Å². The van der Waals surface area contributed by atoms with Crippen molar-refractivity contribution in [2.75, 3.05) is 0 Å². The summed E-state index contributed by atoms with van der Waals surface area (Å²) in [4.78, 5) is 11.6. The summed E-state index contributed by atoms with van der Waals surface area (Å²) >= 11 is 6.01. The fourth-order valence-electron chi connectivity index (χ4n) is 2.04. The molecule has 0 N–H and O–H groups in total. The molecule has 5 heteroatoms. The second kappa shape index (κ2) is 5.29. The molecule has 0 aliphatic rings.